The Morgan fingerprint density at radius 2 is 2.35 bits per heavy atom. The molecule has 0 amide bonds. The average molecular weight is 296 g/mol. The Hall–Kier alpha value is -1.83. The van der Waals surface area contributed by atoms with E-state index in [2.05, 4.69) is 29.4 Å². The maximum atomic E-state index is 11.5. The summed E-state index contributed by atoms with van der Waals surface area (Å²) in [5.41, 5.74) is 0.433. The number of carbonyl (C=O) groups excluding carboxylic acids is 1. The predicted molar refractivity (Wildman–Crippen MR) is 72.3 cm³/mol. The van der Waals surface area contributed by atoms with Crippen LogP contribution in [0.1, 0.15) is 30.0 Å². The number of methoxy groups -OCH3 is 1. The van der Waals surface area contributed by atoms with E-state index in [-0.39, 0.29) is 0 Å². The van der Waals surface area contributed by atoms with Gasteiger partial charge in [-0.2, -0.15) is 0 Å². The molecule has 20 heavy (non-hydrogen) atoms. The molecule has 0 N–H and O–H groups in total. The molecule has 2 aromatic rings. The maximum Gasteiger partial charge on any atom is 0.341 e. The zero-order chi connectivity index (χ0) is 14.5. The van der Waals surface area contributed by atoms with Gasteiger partial charge in [-0.05, 0) is 22.4 Å². The molecule has 0 radical (unpaired) electrons. The van der Waals surface area contributed by atoms with Gasteiger partial charge in [0.1, 0.15) is 11.3 Å². The summed E-state index contributed by atoms with van der Waals surface area (Å²) in [6.45, 7) is 4.94. The van der Waals surface area contributed by atoms with Crippen LogP contribution in [0.25, 0.3) is 0 Å². The number of nitrogens with zero attached hydrogens (tertiary/aromatic N) is 4. The van der Waals surface area contributed by atoms with E-state index >= 15 is 0 Å². The quantitative estimate of drug-likeness (QED) is 0.595. The highest BCUT2D eigenvalue weighted by atomic mass is 32.2. The van der Waals surface area contributed by atoms with Crippen LogP contribution in [0.4, 0.5) is 0 Å². The van der Waals surface area contributed by atoms with Crippen molar-refractivity contribution in [3.05, 3.63) is 23.7 Å². The number of rotatable bonds is 6. The molecule has 0 spiro atoms. The summed E-state index contributed by atoms with van der Waals surface area (Å²) in [7, 11) is 1.34. The van der Waals surface area contributed by atoms with Gasteiger partial charge < -0.3 is 9.15 Å². The maximum absolute atomic E-state index is 11.5. The second-order valence-corrected chi connectivity index (χ2v) is 5.52. The van der Waals surface area contributed by atoms with Crippen molar-refractivity contribution in [2.75, 3.05) is 7.11 Å². The molecule has 0 aliphatic heterocycles. The van der Waals surface area contributed by atoms with E-state index in [4.69, 9.17) is 9.15 Å². The van der Waals surface area contributed by atoms with E-state index in [1.807, 2.05) is 0 Å². The Bertz CT molecular complexity index is 579. The number of thioether (sulfide) groups is 1. The summed E-state index contributed by atoms with van der Waals surface area (Å²) in [5.74, 6) is 1.07. The molecule has 2 heterocycles. The lowest BCUT2D eigenvalue weighted by molar-refractivity contribution is 0.0598. The number of tetrazole rings is 1. The second kappa shape index (κ2) is 6.56. The van der Waals surface area contributed by atoms with Crippen LogP contribution < -0.4 is 0 Å². The van der Waals surface area contributed by atoms with Crippen molar-refractivity contribution in [2.45, 2.75) is 31.3 Å². The van der Waals surface area contributed by atoms with Crippen molar-refractivity contribution in [1.82, 2.24) is 20.2 Å². The fourth-order valence-electron chi connectivity index (χ4n) is 1.63. The molecule has 0 saturated heterocycles. The van der Waals surface area contributed by atoms with Crippen LogP contribution in [-0.4, -0.2) is 33.3 Å². The third-order valence-electron chi connectivity index (χ3n) is 2.52. The van der Waals surface area contributed by atoms with Crippen molar-refractivity contribution < 1.29 is 13.9 Å². The molecule has 0 aliphatic rings. The van der Waals surface area contributed by atoms with E-state index in [0.717, 1.165) is 6.54 Å². The minimum absolute atomic E-state index is 0.406. The second-order valence-electron chi connectivity index (χ2n) is 4.58. The number of aromatic nitrogens is 4. The van der Waals surface area contributed by atoms with Gasteiger partial charge in [-0.1, -0.05) is 25.6 Å². The van der Waals surface area contributed by atoms with E-state index in [1.165, 1.54) is 25.1 Å². The first kappa shape index (κ1) is 14.6. The van der Waals surface area contributed by atoms with Crippen molar-refractivity contribution >= 4 is 17.7 Å². The first-order valence-corrected chi connectivity index (χ1v) is 7.14. The Morgan fingerprint density at radius 3 is 3.05 bits per heavy atom. The van der Waals surface area contributed by atoms with Crippen molar-refractivity contribution in [1.29, 1.82) is 0 Å². The summed E-state index contributed by atoms with van der Waals surface area (Å²) in [5, 5.41) is 12.3. The molecule has 0 saturated carbocycles. The molecule has 2 rings (SSSR count). The van der Waals surface area contributed by atoms with Gasteiger partial charge in [0, 0.05) is 6.54 Å². The number of ether oxygens (including phenoxy) is 1. The van der Waals surface area contributed by atoms with Crippen molar-refractivity contribution in [3.8, 4) is 0 Å². The van der Waals surface area contributed by atoms with Gasteiger partial charge >= 0.3 is 5.97 Å². The van der Waals surface area contributed by atoms with Crippen LogP contribution in [0.2, 0.25) is 0 Å². The number of furan rings is 1. The minimum atomic E-state index is -0.406. The summed E-state index contributed by atoms with van der Waals surface area (Å²) in [6.07, 6.45) is 1.47. The van der Waals surface area contributed by atoms with E-state index in [9.17, 15) is 4.79 Å². The molecule has 0 aliphatic carbocycles. The topological polar surface area (TPSA) is 83.0 Å². The highest BCUT2D eigenvalue weighted by Gasteiger charge is 2.17. The fourth-order valence-corrected chi connectivity index (χ4v) is 2.47. The van der Waals surface area contributed by atoms with Crippen LogP contribution in [-0.2, 0) is 17.0 Å². The van der Waals surface area contributed by atoms with Gasteiger partial charge in [0.05, 0.1) is 19.1 Å². The Kier molecular flexibility index (Phi) is 4.78. The van der Waals surface area contributed by atoms with Gasteiger partial charge in [0.15, 0.2) is 0 Å². The average Bonchev–Trinajstić information content (AvgIpc) is 3.03. The highest BCUT2D eigenvalue weighted by molar-refractivity contribution is 7.98. The lowest BCUT2D eigenvalue weighted by atomic mass is 10.2. The van der Waals surface area contributed by atoms with E-state index < -0.39 is 5.97 Å². The number of hydrogen-bond acceptors (Lipinski definition) is 7. The van der Waals surface area contributed by atoms with Gasteiger partial charge in [-0.25, -0.2) is 9.48 Å². The van der Waals surface area contributed by atoms with Crippen LogP contribution in [0.3, 0.4) is 0 Å². The molecule has 0 unspecified atom stereocenters. The molecule has 0 bridgehead atoms. The third-order valence-corrected chi connectivity index (χ3v) is 3.48. The third kappa shape index (κ3) is 3.38. The number of carbonyl (C=O) groups is 1. The van der Waals surface area contributed by atoms with Gasteiger partial charge in [-0.3, -0.25) is 0 Å². The molecule has 7 nitrogen and oxygen atoms in total. The molecule has 8 heteroatoms. The van der Waals surface area contributed by atoms with Crippen LogP contribution >= 0.6 is 11.8 Å². The van der Waals surface area contributed by atoms with Gasteiger partial charge in [0.2, 0.25) is 5.16 Å². The molecule has 0 aromatic carbocycles. The van der Waals surface area contributed by atoms with Gasteiger partial charge in [0.25, 0.3) is 0 Å². The summed E-state index contributed by atoms with van der Waals surface area (Å²) < 4.78 is 11.7. The Labute approximate surface area is 120 Å². The first-order chi connectivity index (χ1) is 9.61. The Balaban J connectivity index is 2.04. The van der Waals surface area contributed by atoms with E-state index in [0.29, 0.717) is 28.2 Å². The largest absolute Gasteiger partial charge is 0.468 e. The summed E-state index contributed by atoms with van der Waals surface area (Å²) >= 11 is 1.42. The van der Waals surface area contributed by atoms with E-state index in [1.54, 1.807) is 10.7 Å². The van der Waals surface area contributed by atoms with Crippen LogP contribution in [0.15, 0.2) is 21.9 Å². The number of hydrogen-bond donors (Lipinski definition) is 0. The lowest BCUT2D eigenvalue weighted by Gasteiger charge is -2.06. The molecule has 0 fully saturated rings. The Morgan fingerprint density at radius 1 is 1.55 bits per heavy atom. The molecule has 0 atom stereocenters. The zero-order valence-corrected chi connectivity index (χ0v) is 12.4. The summed E-state index contributed by atoms with van der Waals surface area (Å²) in [6, 6.07) is 1.60. The molecular formula is C12H16N4O3S. The van der Waals surface area contributed by atoms with Crippen LogP contribution in [0, 0.1) is 5.92 Å². The summed E-state index contributed by atoms with van der Waals surface area (Å²) in [4.78, 5) is 11.5. The first-order valence-electron chi connectivity index (χ1n) is 6.15. The van der Waals surface area contributed by atoms with Crippen molar-refractivity contribution in [3.63, 3.8) is 0 Å². The molecular weight excluding hydrogens is 280 g/mol. The highest BCUT2D eigenvalue weighted by Crippen LogP contribution is 2.23. The SMILES string of the molecule is COC(=O)c1ccoc1CSc1nnnn1CC(C)C. The zero-order valence-electron chi connectivity index (χ0n) is 11.6. The normalized spacial score (nSPS) is 11.0. The lowest BCUT2D eigenvalue weighted by Crippen LogP contribution is -2.08. The number of esters is 1. The minimum Gasteiger partial charge on any atom is -0.468 e. The van der Waals surface area contributed by atoms with Crippen molar-refractivity contribution in [2.24, 2.45) is 5.92 Å². The fraction of sp³-hybridized carbons (Fsp3) is 0.500. The standard InChI is InChI=1S/C12H16N4O3S/c1-8(2)6-16-12(13-14-15-16)20-7-10-9(4-5-19-10)11(17)18-3/h4-5,8H,6-7H2,1-3H3. The molecule has 2 aromatic heterocycles. The van der Waals surface area contributed by atoms with Gasteiger partial charge in [-0.15, -0.1) is 5.10 Å². The van der Waals surface area contributed by atoms with Crippen LogP contribution in [0.5, 0.6) is 0 Å². The monoisotopic (exact) mass is 296 g/mol. The smallest absolute Gasteiger partial charge is 0.341 e. The molecule has 108 valence electrons. The predicted octanol–water partition coefficient (Wildman–Crippen LogP) is 2.00.